The smallest absolute Gasteiger partial charge is 0.238 e. The Morgan fingerprint density at radius 1 is 1.55 bits per heavy atom. The number of benzene rings is 1. The highest BCUT2D eigenvalue weighted by Crippen LogP contribution is 2.19. The summed E-state index contributed by atoms with van der Waals surface area (Å²) < 4.78 is 0. The second-order valence-electron chi connectivity index (χ2n) is 5.35. The molecule has 1 amide bonds. The Labute approximate surface area is 124 Å². The van der Waals surface area contributed by atoms with Crippen molar-refractivity contribution >= 4 is 23.4 Å². The summed E-state index contributed by atoms with van der Waals surface area (Å²) in [4.78, 5) is 15.2. The molecule has 1 fully saturated rings. The molecule has 0 aromatic heterocycles. The lowest BCUT2D eigenvalue weighted by atomic mass is 9.96. The maximum atomic E-state index is 12.0. The molecule has 1 aromatic carbocycles. The monoisotopic (exact) mass is 294 g/mol. The number of amides is 1. The van der Waals surface area contributed by atoms with Crippen molar-refractivity contribution in [1.29, 1.82) is 0 Å². The summed E-state index contributed by atoms with van der Waals surface area (Å²) in [5, 5.41) is 12.8. The standard InChI is InChI=1S/C15H22N2O2S/c1-11-6-7-17(9-14(11)18)10-15(19)16-12-4-3-5-13(8-12)20-2/h3-5,8,11,14,18H,6-7,9-10H2,1-2H3,(H,16,19). The van der Waals surface area contributed by atoms with Crippen LogP contribution in [0.1, 0.15) is 13.3 Å². The Kier molecular flexibility index (Phi) is 5.46. The Hall–Kier alpha value is -1.04. The van der Waals surface area contributed by atoms with Crippen LogP contribution >= 0.6 is 11.8 Å². The second kappa shape index (κ2) is 7.11. The van der Waals surface area contributed by atoms with Gasteiger partial charge in [-0.3, -0.25) is 9.69 Å². The summed E-state index contributed by atoms with van der Waals surface area (Å²) in [5.41, 5.74) is 0.827. The van der Waals surface area contributed by atoms with E-state index in [4.69, 9.17) is 0 Å². The highest BCUT2D eigenvalue weighted by molar-refractivity contribution is 7.98. The molecule has 0 saturated carbocycles. The summed E-state index contributed by atoms with van der Waals surface area (Å²) in [6, 6.07) is 7.82. The number of piperidine rings is 1. The molecular weight excluding hydrogens is 272 g/mol. The molecule has 1 heterocycles. The van der Waals surface area contributed by atoms with Crippen LogP contribution in [0.15, 0.2) is 29.2 Å². The normalized spacial score (nSPS) is 23.6. The van der Waals surface area contributed by atoms with Crippen molar-refractivity contribution in [3.63, 3.8) is 0 Å². The van der Waals surface area contributed by atoms with Gasteiger partial charge in [-0.05, 0) is 43.3 Å². The molecule has 1 aromatic rings. The van der Waals surface area contributed by atoms with Gasteiger partial charge in [-0.15, -0.1) is 11.8 Å². The Morgan fingerprint density at radius 3 is 3.05 bits per heavy atom. The van der Waals surface area contributed by atoms with Gasteiger partial charge in [0.05, 0.1) is 12.6 Å². The number of β-amino-alcohol motifs (C(OH)–C–C–N with tert-alkyl or cyclic N) is 1. The van der Waals surface area contributed by atoms with Crippen LogP contribution in [-0.4, -0.2) is 47.9 Å². The predicted molar refractivity (Wildman–Crippen MR) is 83.1 cm³/mol. The van der Waals surface area contributed by atoms with Crippen molar-refractivity contribution in [2.45, 2.75) is 24.3 Å². The predicted octanol–water partition coefficient (Wildman–Crippen LogP) is 2.05. The molecule has 0 bridgehead atoms. The van der Waals surface area contributed by atoms with Gasteiger partial charge in [0.25, 0.3) is 0 Å². The maximum Gasteiger partial charge on any atom is 0.238 e. The lowest BCUT2D eigenvalue weighted by molar-refractivity contribution is -0.118. The van der Waals surface area contributed by atoms with Crippen LogP contribution in [0.4, 0.5) is 5.69 Å². The minimum Gasteiger partial charge on any atom is -0.392 e. The van der Waals surface area contributed by atoms with E-state index in [1.165, 1.54) is 0 Å². The van der Waals surface area contributed by atoms with Crippen LogP contribution < -0.4 is 5.32 Å². The first-order chi connectivity index (χ1) is 9.58. The summed E-state index contributed by atoms with van der Waals surface area (Å²) in [7, 11) is 0. The van der Waals surface area contributed by atoms with Crippen LogP contribution in [0.2, 0.25) is 0 Å². The van der Waals surface area contributed by atoms with Crippen LogP contribution in [0.3, 0.4) is 0 Å². The van der Waals surface area contributed by atoms with E-state index < -0.39 is 0 Å². The fourth-order valence-electron chi connectivity index (χ4n) is 2.36. The molecule has 0 spiro atoms. The topological polar surface area (TPSA) is 52.6 Å². The van der Waals surface area contributed by atoms with Gasteiger partial charge in [-0.25, -0.2) is 0 Å². The Morgan fingerprint density at radius 2 is 2.35 bits per heavy atom. The van der Waals surface area contributed by atoms with Gasteiger partial charge in [0.15, 0.2) is 0 Å². The SMILES string of the molecule is CSc1cccc(NC(=O)CN2CCC(C)C(O)C2)c1. The highest BCUT2D eigenvalue weighted by Gasteiger charge is 2.25. The first kappa shape index (κ1) is 15.4. The summed E-state index contributed by atoms with van der Waals surface area (Å²) >= 11 is 1.65. The summed E-state index contributed by atoms with van der Waals surface area (Å²) in [6.45, 7) is 3.85. The zero-order valence-corrected chi connectivity index (χ0v) is 12.8. The van der Waals surface area contributed by atoms with Gasteiger partial charge in [0, 0.05) is 17.1 Å². The second-order valence-corrected chi connectivity index (χ2v) is 6.23. The number of thioether (sulfide) groups is 1. The number of nitrogens with one attached hydrogen (secondary N) is 1. The molecule has 2 unspecified atom stereocenters. The molecule has 20 heavy (non-hydrogen) atoms. The molecule has 2 N–H and O–H groups in total. The summed E-state index contributed by atoms with van der Waals surface area (Å²) in [5.74, 6) is 0.303. The van der Waals surface area contributed by atoms with Gasteiger partial charge < -0.3 is 10.4 Å². The van der Waals surface area contributed by atoms with E-state index in [2.05, 4.69) is 12.2 Å². The summed E-state index contributed by atoms with van der Waals surface area (Å²) in [6.07, 6.45) is 2.63. The number of hydrogen-bond acceptors (Lipinski definition) is 4. The van der Waals surface area contributed by atoms with Crippen LogP contribution in [0.25, 0.3) is 0 Å². The van der Waals surface area contributed by atoms with Crippen LogP contribution in [0, 0.1) is 5.92 Å². The van der Waals surface area contributed by atoms with Crippen LogP contribution in [0.5, 0.6) is 0 Å². The van der Waals surface area contributed by atoms with Crippen molar-refractivity contribution in [1.82, 2.24) is 4.90 Å². The molecule has 1 aliphatic heterocycles. The molecule has 0 radical (unpaired) electrons. The number of rotatable bonds is 4. The van der Waals surface area contributed by atoms with Gasteiger partial charge in [-0.2, -0.15) is 0 Å². The minimum atomic E-state index is -0.323. The van der Waals surface area contributed by atoms with E-state index in [1.807, 2.05) is 35.4 Å². The number of anilines is 1. The molecule has 1 saturated heterocycles. The number of carbonyl (C=O) groups is 1. The van der Waals surface area contributed by atoms with E-state index in [-0.39, 0.29) is 12.0 Å². The van der Waals surface area contributed by atoms with Crippen molar-refractivity contribution in [2.75, 3.05) is 31.2 Å². The Bertz CT molecular complexity index is 467. The number of nitrogens with zero attached hydrogens (tertiary/aromatic N) is 1. The zero-order chi connectivity index (χ0) is 14.5. The maximum absolute atomic E-state index is 12.0. The van der Waals surface area contributed by atoms with Crippen molar-refractivity contribution in [3.05, 3.63) is 24.3 Å². The van der Waals surface area contributed by atoms with E-state index in [9.17, 15) is 9.90 Å². The molecule has 1 aliphatic rings. The first-order valence-corrected chi connectivity index (χ1v) is 8.15. The van der Waals surface area contributed by atoms with Crippen LogP contribution in [-0.2, 0) is 4.79 Å². The van der Waals surface area contributed by atoms with Gasteiger partial charge in [-0.1, -0.05) is 13.0 Å². The number of aliphatic hydroxyl groups is 1. The zero-order valence-electron chi connectivity index (χ0n) is 12.0. The lowest BCUT2D eigenvalue weighted by Gasteiger charge is -2.33. The van der Waals surface area contributed by atoms with Gasteiger partial charge >= 0.3 is 0 Å². The number of likely N-dealkylation sites (tertiary alicyclic amines) is 1. The fourth-order valence-corrected chi connectivity index (χ4v) is 2.82. The molecule has 2 atom stereocenters. The van der Waals surface area contributed by atoms with E-state index in [0.29, 0.717) is 19.0 Å². The number of carbonyl (C=O) groups excluding carboxylic acids is 1. The van der Waals surface area contributed by atoms with E-state index in [0.717, 1.165) is 23.5 Å². The molecule has 2 rings (SSSR count). The average Bonchev–Trinajstić information content (AvgIpc) is 2.43. The average molecular weight is 294 g/mol. The largest absolute Gasteiger partial charge is 0.392 e. The van der Waals surface area contributed by atoms with Crippen molar-refractivity contribution in [2.24, 2.45) is 5.92 Å². The minimum absolute atomic E-state index is 0.0231. The third-order valence-corrected chi connectivity index (χ3v) is 4.45. The van der Waals surface area contributed by atoms with E-state index in [1.54, 1.807) is 11.8 Å². The number of aliphatic hydroxyl groups excluding tert-OH is 1. The highest BCUT2D eigenvalue weighted by atomic mass is 32.2. The van der Waals surface area contributed by atoms with E-state index >= 15 is 0 Å². The van der Waals surface area contributed by atoms with Gasteiger partial charge in [0.2, 0.25) is 5.91 Å². The van der Waals surface area contributed by atoms with Crippen molar-refractivity contribution < 1.29 is 9.90 Å². The first-order valence-electron chi connectivity index (χ1n) is 6.93. The third kappa shape index (κ3) is 4.23. The van der Waals surface area contributed by atoms with Crippen molar-refractivity contribution in [3.8, 4) is 0 Å². The molecule has 110 valence electrons. The molecule has 0 aliphatic carbocycles. The van der Waals surface area contributed by atoms with Gasteiger partial charge in [0.1, 0.15) is 0 Å². The quantitative estimate of drug-likeness (QED) is 0.835. The number of hydrogen-bond donors (Lipinski definition) is 2. The molecule has 4 nitrogen and oxygen atoms in total. The molecular formula is C15H22N2O2S. The lowest BCUT2D eigenvalue weighted by Crippen LogP contribution is -2.45. The Balaban J connectivity index is 1.86. The fraction of sp³-hybridized carbons (Fsp3) is 0.533. The third-order valence-electron chi connectivity index (χ3n) is 3.72. The molecule has 5 heteroatoms.